The van der Waals surface area contributed by atoms with E-state index < -0.39 is 0 Å². The van der Waals surface area contributed by atoms with E-state index in [1.165, 1.54) is 0 Å². The van der Waals surface area contributed by atoms with Crippen molar-refractivity contribution in [1.29, 1.82) is 0 Å². The second kappa shape index (κ2) is 7.20. The molecular formula is C15H23ClN4O. The first-order valence-electron chi connectivity index (χ1n) is 7.26. The smallest absolute Gasteiger partial charge is 0.254 e. The van der Waals surface area contributed by atoms with Gasteiger partial charge in [0.1, 0.15) is 5.15 Å². The lowest BCUT2D eigenvalue weighted by Gasteiger charge is -2.35. The van der Waals surface area contributed by atoms with Gasteiger partial charge in [-0.2, -0.15) is 0 Å². The van der Waals surface area contributed by atoms with Gasteiger partial charge in [0.2, 0.25) is 0 Å². The molecule has 0 saturated carbocycles. The zero-order valence-corrected chi connectivity index (χ0v) is 13.7. The fourth-order valence-electron chi connectivity index (χ4n) is 2.45. The summed E-state index contributed by atoms with van der Waals surface area (Å²) in [5.41, 5.74) is 1.41. The van der Waals surface area contributed by atoms with Crippen LogP contribution in [-0.2, 0) is 0 Å². The summed E-state index contributed by atoms with van der Waals surface area (Å²) in [6.07, 6.45) is 0. The van der Waals surface area contributed by atoms with Crippen LogP contribution in [0.1, 0.15) is 16.1 Å². The Kier molecular flexibility index (Phi) is 5.56. The van der Waals surface area contributed by atoms with E-state index >= 15 is 0 Å². The molecule has 116 valence electrons. The maximum Gasteiger partial charge on any atom is 0.254 e. The van der Waals surface area contributed by atoms with Crippen molar-refractivity contribution < 1.29 is 4.79 Å². The highest BCUT2D eigenvalue weighted by Crippen LogP contribution is 2.14. The molecule has 1 aliphatic rings. The molecule has 1 amide bonds. The van der Waals surface area contributed by atoms with Crippen LogP contribution in [0.5, 0.6) is 0 Å². The van der Waals surface area contributed by atoms with Gasteiger partial charge in [-0.3, -0.25) is 9.69 Å². The molecule has 1 aliphatic heterocycles. The Morgan fingerprint density at radius 3 is 2.52 bits per heavy atom. The van der Waals surface area contributed by atoms with Gasteiger partial charge in [0.05, 0.1) is 0 Å². The Balaban J connectivity index is 1.91. The van der Waals surface area contributed by atoms with Gasteiger partial charge < -0.3 is 9.80 Å². The van der Waals surface area contributed by atoms with Crippen LogP contribution in [-0.4, -0.2) is 79.0 Å². The van der Waals surface area contributed by atoms with Crippen molar-refractivity contribution in [1.82, 2.24) is 19.7 Å². The lowest BCUT2D eigenvalue weighted by atomic mass is 10.2. The lowest BCUT2D eigenvalue weighted by molar-refractivity contribution is 0.0629. The van der Waals surface area contributed by atoms with E-state index in [9.17, 15) is 4.79 Å². The molecule has 0 radical (unpaired) electrons. The normalized spacial score (nSPS) is 16.5. The molecule has 1 aromatic rings. The fraction of sp³-hybridized carbons (Fsp3) is 0.600. The van der Waals surface area contributed by atoms with E-state index in [4.69, 9.17) is 11.6 Å². The molecular weight excluding hydrogens is 288 g/mol. The SMILES string of the molecule is Cc1cc(C(=O)N2CCN(CCN(C)C)CC2)cc(Cl)n1. The molecule has 2 heterocycles. The summed E-state index contributed by atoms with van der Waals surface area (Å²) in [7, 11) is 4.16. The molecule has 1 fully saturated rings. The van der Waals surface area contributed by atoms with E-state index in [1.807, 2.05) is 11.8 Å². The first-order valence-corrected chi connectivity index (χ1v) is 7.64. The van der Waals surface area contributed by atoms with Gasteiger partial charge in [0.25, 0.3) is 5.91 Å². The van der Waals surface area contributed by atoms with Crippen LogP contribution in [0.15, 0.2) is 12.1 Å². The van der Waals surface area contributed by atoms with Gasteiger partial charge in [0, 0.05) is 50.5 Å². The predicted molar refractivity (Wildman–Crippen MR) is 84.9 cm³/mol. The maximum atomic E-state index is 12.5. The van der Waals surface area contributed by atoms with Gasteiger partial charge in [-0.05, 0) is 33.2 Å². The third-order valence-corrected chi connectivity index (χ3v) is 3.89. The predicted octanol–water partition coefficient (Wildman–Crippen LogP) is 1.36. The Morgan fingerprint density at radius 2 is 1.95 bits per heavy atom. The Labute approximate surface area is 131 Å². The average molecular weight is 311 g/mol. The number of aromatic nitrogens is 1. The van der Waals surface area contributed by atoms with Crippen molar-refractivity contribution in [3.05, 3.63) is 28.5 Å². The number of piperazine rings is 1. The van der Waals surface area contributed by atoms with Gasteiger partial charge in [-0.25, -0.2) is 4.98 Å². The fourth-order valence-corrected chi connectivity index (χ4v) is 2.70. The molecule has 0 aliphatic carbocycles. The number of carbonyl (C=O) groups is 1. The van der Waals surface area contributed by atoms with Gasteiger partial charge >= 0.3 is 0 Å². The largest absolute Gasteiger partial charge is 0.336 e. The van der Waals surface area contributed by atoms with E-state index in [0.717, 1.165) is 45.0 Å². The van der Waals surface area contributed by atoms with Crippen LogP contribution < -0.4 is 0 Å². The van der Waals surface area contributed by atoms with Crippen molar-refractivity contribution in [2.24, 2.45) is 0 Å². The van der Waals surface area contributed by atoms with Crippen LogP contribution in [0.2, 0.25) is 5.15 Å². The number of likely N-dealkylation sites (N-methyl/N-ethyl adjacent to an activating group) is 1. The monoisotopic (exact) mass is 310 g/mol. The minimum absolute atomic E-state index is 0.0506. The number of hydrogen-bond acceptors (Lipinski definition) is 4. The summed E-state index contributed by atoms with van der Waals surface area (Å²) < 4.78 is 0. The Bertz CT molecular complexity index is 478. The van der Waals surface area contributed by atoms with Crippen LogP contribution in [0.25, 0.3) is 0 Å². The van der Waals surface area contributed by atoms with Crippen molar-refractivity contribution in [3.63, 3.8) is 0 Å². The highest BCUT2D eigenvalue weighted by molar-refractivity contribution is 6.29. The average Bonchev–Trinajstić information content (AvgIpc) is 2.44. The van der Waals surface area contributed by atoms with E-state index in [2.05, 4.69) is 28.9 Å². The highest BCUT2D eigenvalue weighted by Gasteiger charge is 2.22. The topological polar surface area (TPSA) is 39.7 Å². The molecule has 0 atom stereocenters. The molecule has 5 nitrogen and oxygen atoms in total. The minimum atomic E-state index is 0.0506. The number of aryl methyl sites for hydroxylation is 1. The number of carbonyl (C=O) groups excluding carboxylic acids is 1. The quantitative estimate of drug-likeness (QED) is 0.787. The van der Waals surface area contributed by atoms with Crippen LogP contribution in [0, 0.1) is 6.92 Å². The Hall–Kier alpha value is -1.17. The molecule has 6 heteroatoms. The highest BCUT2D eigenvalue weighted by atomic mass is 35.5. The first-order chi connectivity index (χ1) is 9.95. The number of nitrogens with zero attached hydrogens (tertiary/aromatic N) is 4. The number of rotatable bonds is 4. The summed E-state index contributed by atoms with van der Waals surface area (Å²) in [6, 6.07) is 3.45. The number of amides is 1. The molecule has 0 unspecified atom stereocenters. The van der Waals surface area contributed by atoms with Crippen LogP contribution in [0.3, 0.4) is 0 Å². The van der Waals surface area contributed by atoms with Crippen LogP contribution in [0.4, 0.5) is 0 Å². The van der Waals surface area contributed by atoms with Crippen molar-refractivity contribution in [3.8, 4) is 0 Å². The molecule has 0 bridgehead atoms. The van der Waals surface area contributed by atoms with Crippen LogP contribution >= 0.6 is 11.6 Å². The third-order valence-electron chi connectivity index (χ3n) is 3.69. The summed E-state index contributed by atoms with van der Waals surface area (Å²) in [5.74, 6) is 0.0506. The molecule has 0 spiro atoms. The zero-order valence-electron chi connectivity index (χ0n) is 13.0. The molecule has 21 heavy (non-hydrogen) atoms. The summed E-state index contributed by atoms with van der Waals surface area (Å²) >= 11 is 5.93. The Morgan fingerprint density at radius 1 is 1.29 bits per heavy atom. The first kappa shape index (κ1) is 16.2. The standard InChI is InChI=1S/C15H23ClN4O/c1-12-10-13(11-14(16)17-12)15(21)20-8-6-19(7-9-20)5-4-18(2)3/h10-11H,4-9H2,1-3H3. The second-order valence-corrected chi connectivity index (χ2v) is 6.14. The molecule has 1 aromatic heterocycles. The summed E-state index contributed by atoms with van der Waals surface area (Å²) in [4.78, 5) is 23.1. The summed E-state index contributed by atoms with van der Waals surface area (Å²) in [5, 5.41) is 0.378. The number of pyridine rings is 1. The maximum absolute atomic E-state index is 12.5. The van der Waals surface area contributed by atoms with Gasteiger partial charge in [0.15, 0.2) is 0 Å². The zero-order chi connectivity index (χ0) is 15.4. The van der Waals surface area contributed by atoms with E-state index in [0.29, 0.717) is 10.7 Å². The van der Waals surface area contributed by atoms with Crippen molar-refractivity contribution in [2.75, 3.05) is 53.4 Å². The minimum Gasteiger partial charge on any atom is -0.336 e. The third kappa shape index (κ3) is 4.66. The molecule has 0 N–H and O–H groups in total. The second-order valence-electron chi connectivity index (χ2n) is 5.76. The number of halogens is 1. The number of hydrogen-bond donors (Lipinski definition) is 0. The lowest BCUT2D eigenvalue weighted by Crippen LogP contribution is -2.50. The molecule has 2 rings (SSSR count). The molecule has 1 saturated heterocycles. The van der Waals surface area contributed by atoms with E-state index in [1.54, 1.807) is 12.1 Å². The van der Waals surface area contributed by atoms with Gasteiger partial charge in [-0.15, -0.1) is 0 Å². The van der Waals surface area contributed by atoms with Gasteiger partial charge in [-0.1, -0.05) is 11.6 Å². The summed E-state index contributed by atoms with van der Waals surface area (Å²) in [6.45, 7) is 7.34. The van der Waals surface area contributed by atoms with Crippen molar-refractivity contribution in [2.45, 2.75) is 6.92 Å². The van der Waals surface area contributed by atoms with Crippen molar-refractivity contribution >= 4 is 17.5 Å². The molecule has 0 aromatic carbocycles. The van der Waals surface area contributed by atoms with E-state index in [-0.39, 0.29) is 5.91 Å².